The first-order chi connectivity index (χ1) is 9.28. The van der Waals surface area contributed by atoms with Crippen LogP contribution in [0.25, 0.3) is 0 Å². The van der Waals surface area contributed by atoms with Gasteiger partial charge in [0.2, 0.25) is 0 Å². The third-order valence-corrected chi connectivity index (χ3v) is 4.80. The monoisotopic (exact) mass is 274 g/mol. The lowest BCUT2D eigenvalue weighted by Gasteiger charge is -2.39. The van der Waals surface area contributed by atoms with Crippen LogP contribution >= 0.6 is 0 Å². The first-order valence-electron chi connectivity index (χ1n) is 7.59. The maximum absolute atomic E-state index is 6.25. The molecule has 2 aliphatic rings. The van der Waals surface area contributed by atoms with Crippen LogP contribution < -0.4 is 5.73 Å². The van der Waals surface area contributed by atoms with Crippen molar-refractivity contribution in [1.29, 1.82) is 0 Å². The maximum atomic E-state index is 6.25. The quantitative estimate of drug-likeness (QED) is 0.800. The molecule has 1 unspecified atom stereocenters. The minimum Gasteiger partial charge on any atom is -0.398 e. The topological polar surface area (TPSA) is 38.5 Å². The average molecular weight is 274 g/mol. The van der Waals surface area contributed by atoms with Gasteiger partial charge in [-0.05, 0) is 57.7 Å². The highest BCUT2D eigenvalue weighted by Crippen LogP contribution is 2.41. The second-order valence-electron chi connectivity index (χ2n) is 7.39. The van der Waals surface area contributed by atoms with Crippen LogP contribution in [0.2, 0.25) is 0 Å². The Bertz CT molecular complexity index is 522. The molecule has 0 aliphatic carbocycles. The minimum absolute atomic E-state index is 0.0237. The van der Waals surface area contributed by atoms with Crippen molar-refractivity contribution < 1.29 is 4.74 Å². The van der Waals surface area contributed by atoms with Crippen LogP contribution in [0.1, 0.15) is 45.2 Å². The molecule has 2 N–H and O–H groups in total. The molecule has 1 saturated heterocycles. The van der Waals surface area contributed by atoms with Crippen molar-refractivity contribution in [3.63, 3.8) is 0 Å². The number of nitrogen functional groups attached to an aromatic ring is 1. The molecular formula is C17H26N2O. The Hall–Kier alpha value is -1.06. The van der Waals surface area contributed by atoms with E-state index >= 15 is 0 Å². The molecule has 110 valence electrons. The summed E-state index contributed by atoms with van der Waals surface area (Å²) in [6, 6.07) is 6.77. The highest BCUT2D eigenvalue weighted by molar-refractivity contribution is 5.51. The Morgan fingerprint density at radius 2 is 2.00 bits per heavy atom. The molecule has 0 amide bonds. The Labute approximate surface area is 122 Å². The van der Waals surface area contributed by atoms with Gasteiger partial charge < -0.3 is 10.5 Å². The zero-order valence-corrected chi connectivity index (χ0v) is 13.1. The van der Waals surface area contributed by atoms with Gasteiger partial charge in [-0.2, -0.15) is 0 Å². The Morgan fingerprint density at radius 3 is 2.65 bits per heavy atom. The molecule has 2 heterocycles. The van der Waals surface area contributed by atoms with Crippen LogP contribution in [0, 0.1) is 0 Å². The highest BCUT2D eigenvalue weighted by Gasteiger charge is 2.48. The highest BCUT2D eigenvalue weighted by atomic mass is 16.5. The standard InChI is InChI=1S/C17H26N2O/c1-16(2)10-15(17(3,4)20-16)19-9-8-13-12(11-19)6-5-7-14(13)18/h5-7,15H,8-11,18H2,1-4H3. The van der Waals surface area contributed by atoms with Gasteiger partial charge in [0.25, 0.3) is 0 Å². The fourth-order valence-corrected chi connectivity index (χ4v) is 4.03. The maximum Gasteiger partial charge on any atom is 0.0789 e. The molecule has 0 radical (unpaired) electrons. The molecule has 0 bridgehead atoms. The molecular weight excluding hydrogens is 248 g/mol. The van der Waals surface area contributed by atoms with E-state index in [1.807, 2.05) is 6.07 Å². The van der Waals surface area contributed by atoms with Gasteiger partial charge in [-0.3, -0.25) is 4.90 Å². The van der Waals surface area contributed by atoms with Crippen molar-refractivity contribution in [2.45, 2.75) is 64.3 Å². The lowest BCUT2D eigenvalue weighted by atomic mass is 9.89. The third-order valence-electron chi connectivity index (χ3n) is 4.80. The van der Waals surface area contributed by atoms with E-state index in [4.69, 9.17) is 10.5 Å². The van der Waals surface area contributed by atoms with Crippen molar-refractivity contribution in [2.75, 3.05) is 12.3 Å². The van der Waals surface area contributed by atoms with E-state index in [1.165, 1.54) is 11.1 Å². The summed E-state index contributed by atoms with van der Waals surface area (Å²) in [5.41, 5.74) is 9.67. The predicted molar refractivity (Wildman–Crippen MR) is 82.6 cm³/mol. The summed E-state index contributed by atoms with van der Waals surface area (Å²) in [5, 5.41) is 0. The lowest BCUT2D eigenvalue weighted by Crippen LogP contribution is -2.48. The molecule has 0 spiro atoms. The van der Waals surface area contributed by atoms with Crippen LogP contribution in [-0.4, -0.2) is 28.7 Å². The summed E-state index contributed by atoms with van der Waals surface area (Å²) in [6.45, 7) is 10.9. The van der Waals surface area contributed by atoms with Gasteiger partial charge in [-0.15, -0.1) is 0 Å². The van der Waals surface area contributed by atoms with Gasteiger partial charge in [0.15, 0.2) is 0 Å². The first-order valence-corrected chi connectivity index (χ1v) is 7.59. The summed E-state index contributed by atoms with van der Waals surface area (Å²) in [7, 11) is 0. The fraction of sp³-hybridized carbons (Fsp3) is 0.647. The van der Waals surface area contributed by atoms with Crippen molar-refractivity contribution in [2.24, 2.45) is 0 Å². The van der Waals surface area contributed by atoms with Crippen molar-refractivity contribution in [3.05, 3.63) is 29.3 Å². The molecule has 3 nitrogen and oxygen atoms in total. The van der Waals surface area contributed by atoms with E-state index in [9.17, 15) is 0 Å². The summed E-state index contributed by atoms with van der Waals surface area (Å²) in [5.74, 6) is 0. The van der Waals surface area contributed by atoms with Crippen LogP contribution in [-0.2, 0) is 17.7 Å². The van der Waals surface area contributed by atoms with Gasteiger partial charge in [-0.1, -0.05) is 12.1 Å². The number of ether oxygens (including phenoxy) is 1. The van der Waals surface area contributed by atoms with Gasteiger partial charge in [0.1, 0.15) is 0 Å². The number of hydrogen-bond acceptors (Lipinski definition) is 3. The Balaban J connectivity index is 1.84. The minimum atomic E-state index is -0.0820. The molecule has 2 aliphatic heterocycles. The molecule has 1 atom stereocenters. The summed E-state index contributed by atoms with van der Waals surface area (Å²) < 4.78 is 6.25. The number of nitrogens with two attached hydrogens (primary N) is 1. The van der Waals surface area contributed by atoms with Gasteiger partial charge in [-0.25, -0.2) is 0 Å². The number of fused-ring (bicyclic) bond motifs is 1. The van der Waals surface area contributed by atoms with Crippen molar-refractivity contribution in [1.82, 2.24) is 4.90 Å². The van der Waals surface area contributed by atoms with E-state index in [0.717, 1.165) is 31.6 Å². The number of anilines is 1. The largest absolute Gasteiger partial charge is 0.398 e. The van der Waals surface area contributed by atoms with Gasteiger partial charge in [0, 0.05) is 24.8 Å². The fourth-order valence-electron chi connectivity index (χ4n) is 4.03. The van der Waals surface area contributed by atoms with Gasteiger partial charge >= 0.3 is 0 Å². The summed E-state index contributed by atoms with van der Waals surface area (Å²) in [6.07, 6.45) is 2.15. The van der Waals surface area contributed by atoms with Crippen molar-refractivity contribution in [3.8, 4) is 0 Å². The number of hydrogen-bond donors (Lipinski definition) is 1. The molecule has 1 aromatic rings. The second-order valence-corrected chi connectivity index (χ2v) is 7.39. The van der Waals surface area contributed by atoms with Crippen LogP contribution in [0.15, 0.2) is 18.2 Å². The van der Waals surface area contributed by atoms with Crippen LogP contribution in [0.5, 0.6) is 0 Å². The molecule has 1 aromatic carbocycles. The zero-order chi connectivity index (χ0) is 14.5. The predicted octanol–water partition coefficient (Wildman–Crippen LogP) is 2.97. The average Bonchev–Trinajstić information content (AvgIpc) is 2.57. The smallest absolute Gasteiger partial charge is 0.0789 e. The summed E-state index contributed by atoms with van der Waals surface area (Å²) >= 11 is 0. The molecule has 0 aromatic heterocycles. The van der Waals surface area contributed by atoms with E-state index in [-0.39, 0.29) is 11.2 Å². The van der Waals surface area contributed by atoms with Crippen molar-refractivity contribution >= 4 is 5.69 Å². The van der Waals surface area contributed by atoms with Crippen LogP contribution in [0.4, 0.5) is 5.69 Å². The molecule has 3 heteroatoms. The van der Waals surface area contributed by atoms with E-state index < -0.39 is 0 Å². The number of rotatable bonds is 1. The van der Waals surface area contributed by atoms with Gasteiger partial charge in [0.05, 0.1) is 11.2 Å². The Kier molecular flexibility index (Phi) is 3.11. The normalized spacial score (nSPS) is 28.3. The van der Waals surface area contributed by atoms with E-state index in [0.29, 0.717) is 6.04 Å². The lowest BCUT2D eigenvalue weighted by molar-refractivity contribution is -0.0816. The molecule has 3 rings (SSSR count). The van der Waals surface area contributed by atoms with Crippen LogP contribution in [0.3, 0.4) is 0 Å². The summed E-state index contributed by atoms with van der Waals surface area (Å²) in [4.78, 5) is 2.58. The van der Waals surface area contributed by atoms with E-state index in [1.54, 1.807) is 0 Å². The molecule has 1 fully saturated rings. The third kappa shape index (κ3) is 2.33. The Morgan fingerprint density at radius 1 is 1.25 bits per heavy atom. The zero-order valence-electron chi connectivity index (χ0n) is 13.1. The number of benzene rings is 1. The molecule has 0 saturated carbocycles. The van der Waals surface area contributed by atoms with E-state index in [2.05, 4.69) is 44.7 Å². The number of nitrogens with zero attached hydrogens (tertiary/aromatic N) is 1. The first kappa shape index (κ1) is 13.9. The SMILES string of the molecule is CC1(C)CC(N2CCc3c(N)cccc3C2)C(C)(C)O1. The molecule has 20 heavy (non-hydrogen) atoms. The second kappa shape index (κ2) is 4.47.